The molecule has 0 N–H and O–H groups in total. The maximum Gasteiger partial charge on any atom is 0.307 e. The summed E-state index contributed by atoms with van der Waals surface area (Å²) in [5, 5.41) is 0. The summed E-state index contributed by atoms with van der Waals surface area (Å²) in [4.78, 5) is 34.3. The van der Waals surface area contributed by atoms with Gasteiger partial charge in [-0.05, 0) is 6.92 Å². The Morgan fingerprint density at radius 2 is 2.14 bits per heavy atom. The first-order valence-electron chi connectivity index (χ1n) is 4.17. The quantitative estimate of drug-likeness (QED) is 0.467. The molecule has 1 aliphatic heterocycles. The first-order chi connectivity index (χ1) is 6.56. The van der Waals surface area contributed by atoms with E-state index in [4.69, 9.17) is 0 Å². The Labute approximate surface area is 81.3 Å². The van der Waals surface area contributed by atoms with Crippen LogP contribution in [0.25, 0.3) is 0 Å². The van der Waals surface area contributed by atoms with Crippen LogP contribution in [0.3, 0.4) is 0 Å². The second kappa shape index (κ2) is 4.04. The molecular weight excluding hydrogens is 186 g/mol. The fourth-order valence-electron chi connectivity index (χ4n) is 1.15. The van der Waals surface area contributed by atoms with Crippen molar-refractivity contribution in [1.29, 1.82) is 0 Å². The number of carbonyl (C=O) groups is 3. The molecule has 14 heavy (non-hydrogen) atoms. The van der Waals surface area contributed by atoms with Crippen molar-refractivity contribution in [2.24, 2.45) is 0 Å². The van der Waals surface area contributed by atoms with Crippen molar-refractivity contribution in [3.63, 3.8) is 0 Å². The maximum atomic E-state index is 11.3. The molecule has 0 atom stereocenters. The number of amides is 2. The Balaban J connectivity index is 2.52. The molecule has 0 bridgehead atoms. The molecule has 0 aromatic rings. The van der Waals surface area contributed by atoms with Gasteiger partial charge in [0, 0.05) is 18.2 Å². The fraction of sp³-hybridized carbons (Fsp3) is 0.444. The molecule has 2 amide bonds. The highest BCUT2D eigenvalue weighted by Gasteiger charge is 2.28. The Hall–Kier alpha value is -1.65. The Kier molecular flexibility index (Phi) is 3.01. The number of methoxy groups -OCH3 is 1. The van der Waals surface area contributed by atoms with Crippen LogP contribution in [0, 0.1) is 0 Å². The lowest BCUT2D eigenvalue weighted by Crippen LogP contribution is -2.33. The molecule has 0 aromatic heterocycles. The summed E-state index contributed by atoms with van der Waals surface area (Å²) in [6.07, 6.45) is 1.30. The predicted octanol–water partition coefficient (Wildman–Crippen LogP) is -0.135. The van der Waals surface area contributed by atoms with Gasteiger partial charge in [-0.2, -0.15) is 0 Å². The Bertz CT molecular complexity index is 319. The zero-order chi connectivity index (χ0) is 10.7. The fourth-order valence-corrected chi connectivity index (χ4v) is 1.15. The summed E-state index contributed by atoms with van der Waals surface area (Å²) in [7, 11) is 1.26. The minimum atomic E-state index is -0.435. The van der Waals surface area contributed by atoms with Gasteiger partial charge in [-0.25, -0.2) is 0 Å². The second-order valence-corrected chi connectivity index (χ2v) is 2.95. The van der Waals surface area contributed by atoms with E-state index >= 15 is 0 Å². The van der Waals surface area contributed by atoms with Crippen molar-refractivity contribution in [1.82, 2.24) is 4.90 Å². The third-order valence-corrected chi connectivity index (χ3v) is 1.96. The van der Waals surface area contributed by atoms with E-state index < -0.39 is 5.97 Å². The second-order valence-electron chi connectivity index (χ2n) is 2.95. The van der Waals surface area contributed by atoms with E-state index in [2.05, 4.69) is 4.74 Å². The van der Waals surface area contributed by atoms with Crippen LogP contribution in [0.4, 0.5) is 0 Å². The summed E-state index contributed by atoms with van der Waals surface area (Å²) in [5.74, 6) is -1.13. The third-order valence-electron chi connectivity index (χ3n) is 1.96. The van der Waals surface area contributed by atoms with Crippen LogP contribution >= 0.6 is 0 Å². The van der Waals surface area contributed by atoms with E-state index in [1.807, 2.05) is 0 Å². The Morgan fingerprint density at radius 1 is 1.50 bits per heavy atom. The first kappa shape index (κ1) is 10.4. The minimum absolute atomic E-state index is 0.0368. The zero-order valence-corrected chi connectivity index (χ0v) is 8.07. The van der Waals surface area contributed by atoms with Gasteiger partial charge in [-0.1, -0.05) is 0 Å². The molecule has 0 aromatic carbocycles. The predicted molar refractivity (Wildman–Crippen MR) is 47.1 cm³/mol. The van der Waals surface area contributed by atoms with E-state index in [-0.39, 0.29) is 24.8 Å². The van der Waals surface area contributed by atoms with Crippen molar-refractivity contribution in [3.05, 3.63) is 11.6 Å². The van der Waals surface area contributed by atoms with Crippen LogP contribution in [-0.2, 0) is 19.1 Å². The molecule has 76 valence electrons. The molecule has 0 saturated heterocycles. The van der Waals surface area contributed by atoms with Crippen molar-refractivity contribution < 1.29 is 19.1 Å². The molecule has 0 spiro atoms. The third kappa shape index (κ3) is 1.99. The average molecular weight is 197 g/mol. The summed E-state index contributed by atoms with van der Waals surface area (Å²) in [6.45, 7) is 1.65. The molecule has 0 radical (unpaired) electrons. The van der Waals surface area contributed by atoms with Crippen LogP contribution in [0.15, 0.2) is 11.6 Å². The number of rotatable bonds is 3. The molecule has 5 nitrogen and oxygen atoms in total. The van der Waals surface area contributed by atoms with Gasteiger partial charge in [0.05, 0.1) is 13.5 Å². The van der Waals surface area contributed by atoms with Crippen molar-refractivity contribution in [3.8, 4) is 0 Å². The van der Waals surface area contributed by atoms with Gasteiger partial charge >= 0.3 is 5.97 Å². The van der Waals surface area contributed by atoms with Crippen LogP contribution in [-0.4, -0.2) is 36.3 Å². The average Bonchev–Trinajstić information content (AvgIpc) is 2.39. The molecule has 0 unspecified atom stereocenters. The molecule has 0 aliphatic carbocycles. The van der Waals surface area contributed by atoms with Gasteiger partial charge in [-0.15, -0.1) is 0 Å². The van der Waals surface area contributed by atoms with Gasteiger partial charge in [0.1, 0.15) is 0 Å². The highest BCUT2D eigenvalue weighted by Crippen LogP contribution is 2.11. The topological polar surface area (TPSA) is 63.7 Å². The highest BCUT2D eigenvalue weighted by molar-refractivity contribution is 6.15. The molecular formula is C9H11NO4. The summed E-state index contributed by atoms with van der Waals surface area (Å²) in [5.41, 5.74) is 0.403. The van der Waals surface area contributed by atoms with E-state index in [1.54, 1.807) is 6.92 Å². The zero-order valence-electron chi connectivity index (χ0n) is 8.07. The van der Waals surface area contributed by atoms with Crippen LogP contribution in [0.2, 0.25) is 0 Å². The highest BCUT2D eigenvalue weighted by atomic mass is 16.5. The number of ether oxygens (including phenoxy) is 1. The summed E-state index contributed by atoms with van der Waals surface area (Å²) >= 11 is 0. The monoisotopic (exact) mass is 197 g/mol. The van der Waals surface area contributed by atoms with Gasteiger partial charge in [0.2, 0.25) is 0 Å². The Morgan fingerprint density at radius 3 is 2.57 bits per heavy atom. The number of hydrogen-bond donors (Lipinski definition) is 0. The van der Waals surface area contributed by atoms with Crippen molar-refractivity contribution in [2.45, 2.75) is 13.3 Å². The lowest BCUT2D eigenvalue weighted by Gasteiger charge is -2.12. The van der Waals surface area contributed by atoms with Crippen LogP contribution < -0.4 is 0 Å². The minimum Gasteiger partial charge on any atom is -0.469 e. The standard InChI is InChI=1S/C9H11NO4/c1-6-5-7(11)10(9(6)13)4-3-8(12)14-2/h5H,3-4H2,1-2H3. The maximum absolute atomic E-state index is 11.3. The van der Waals surface area contributed by atoms with Crippen LogP contribution in [0.5, 0.6) is 0 Å². The number of hydrogen-bond acceptors (Lipinski definition) is 4. The number of carbonyl (C=O) groups excluding carboxylic acids is 3. The van der Waals surface area contributed by atoms with Crippen LogP contribution in [0.1, 0.15) is 13.3 Å². The smallest absolute Gasteiger partial charge is 0.307 e. The molecule has 1 aliphatic rings. The lowest BCUT2D eigenvalue weighted by molar-refractivity contribution is -0.142. The van der Waals surface area contributed by atoms with Gasteiger partial charge in [0.15, 0.2) is 0 Å². The molecule has 1 heterocycles. The SMILES string of the molecule is COC(=O)CCN1C(=O)C=C(C)C1=O. The van der Waals surface area contributed by atoms with Gasteiger partial charge in [-0.3, -0.25) is 19.3 Å². The number of imide groups is 1. The number of esters is 1. The lowest BCUT2D eigenvalue weighted by atomic mass is 10.3. The molecule has 5 heteroatoms. The van der Waals surface area contributed by atoms with Gasteiger partial charge < -0.3 is 4.74 Å². The van der Waals surface area contributed by atoms with Crippen molar-refractivity contribution >= 4 is 17.8 Å². The summed E-state index contributed by atoms with van der Waals surface area (Å²) in [6, 6.07) is 0. The number of nitrogens with zero attached hydrogens (tertiary/aromatic N) is 1. The normalized spacial score (nSPS) is 15.9. The van der Waals surface area contributed by atoms with E-state index in [9.17, 15) is 14.4 Å². The summed E-state index contributed by atoms with van der Waals surface area (Å²) < 4.78 is 4.40. The van der Waals surface area contributed by atoms with Gasteiger partial charge in [0.25, 0.3) is 11.8 Å². The van der Waals surface area contributed by atoms with E-state index in [0.717, 1.165) is 4.90 Å². The molecule has 0 fully saturated rings. The molecule has 0 saturated carbocycles. The van der Waals surface area contributed by atoms with Crippen molar-refractivity contribution in [2.75, 3.05) is 13.7 Å². The molecule has 1 rings (SSSR count). The largest absolute Gasteiger partial charge is 0.469 e. The first-order valence-corrected chi connectivity index (χ1v) is 4.17. The van der Waals surface area contributed by atoms with E-state index in [1.165, 1.54) is 13.2 Å². The van der Waals surface area contributed by atoms with E-state index in [0.29, 0.717) is 5.57 Å².